The first-order chi connectivity index (χ1) is 10.1. The van der Waals surface area contributed by atoms with E-state index in [0.29, 0.717) is 12.1 Å². The topological polar surface area (TPSA) is 55.4 Å². The van der Waals surface area contributed by atoms with E-state index in [0.717, 1.165) is 30.3 Å². The molecule has 0 radical (unpaired) electrons. The Labute approximate surface area is 124 Å². The molecule has 1 N–H and O–H groups in total. The second-order valence-corrected chi connectivity index (χ2v) is 6.16. The summed E-state index contributed by atoms with van der Waals surface area (Å²) < 4.78 is 6.91. The first-order valence-corrected chi connectivity index (χ1v) is 7.92. The van der Waals surface area contributed by atoms with Crippen molar-refractivity contribution in [2.24, 2.45) is 5.41 Å². The van der Waals surface area contributed by atoms with Gasteiger partial charge < -0.3 is 9.52 Å². The van der Waals surface area contributed by atoms with E-state index in [2.05, 4.69) is 6.92 Å². The lowest BCUT2D eigenvalue weighted by atomic mass is 9.75. The van der Waals surface area contributed by atoms with E-state index in [-0.39, 0.29) is 11.2 Å². The Balaban J connectivity index is 2.03. The summed E-state index contributed by atoms with van der Waals surface area (Å²) in [6, 6.07) is 5.66. The number of aryl methyl sites for hydroxylation is 1. The standard InChI is InChI=1S/C17H23NO3/c1-3-17(9-5-6-10-17)15(19)12-7-8-13-14(11-12)21-16(20)18(13)4-2/h7-8,11,15,19H,3-6,9-10H2,1-2H3. The zero-order chi connectivity index (χ0) is 15.0. The molecule has 0 amide bonds. The highest BCUT2D eigenvalue weighted by atomic mass is 16.4. The first kappa shape index (κ1) is 14.4. The number of aromatic nitrogens is 1. The fourth-order valence-electron chi connectivity index (χ4n) is 3.81. The molecule has 0 spiro atoms. The normalized spacial score (nSPS) is 19.2. The van der Waals surface area contributed by atoms with E-state index < -0.39 is 6.10 Å². The van der Waals surface area contributed by atoms with Crippen molar-refractivity contribution >= 4 is 11.1 Å². The Kier molecular flexibility index (Phi) is 3.66. The fourth-order valence-corrected chi connectivity index (χ4v) is 3.81. The third kappa shape index (κ3) is 2.22. The minimum Gasteiger partial charge on any atom is -0.408 e. The number of fused-ring (bicyclic) bond motifs is 1. The van der Waals surface area contributed by atoms with Crippen LogP contribution in [0.25, 0.3) is 11.1 Å². The number of aliphatic hydroxyl groups excluding tert-OH is 1. The van der Waals surface area contributed by atoms with Gasteiger partial charge in [-0.25, -0.2) is 4.79 Å². The van der Waals surface area contributed by atoms with Gasteiger partial charge in [-0.15, -0.1) is 0 Å². The largest absolute Gasteiger partial charge is 0.419 e. The molecule has 1 fully saturated rings. The molecule has 4 nitrogen and oxygen atoms in total. The van der Waals surface area contributed by atoms with Gasteiger partial charge in [0.1, 0.15) is 0 Å². The van der Waals surface area contributed by atoms with Gasteiger partial charge >= 0.3 is 5.76 Å². The summed E-state index contributed by atoms with van der Waals surface area (Å²) in [5, 5.41) is 10.8. The number of oxazole rings is 1. The first-order valence-electron chi connectivity index (χ1n) is 7.92. The summed E-state index contributed by atoms with van der Waals surface area (Å²) in [6.07, 6.45) is 5.02. The summed E-state index contributed by atoms with van der Waals surface area (Å²) in [7, 11) is 0. The van der Waals surface area contributed by atoms with Crippen LogP contribution < -0.4 is 5.76 Å². The molecular formula is C17H23NO3. The molecule has 21 heavy (non-hydrogen) atoms. The quantitative estimate of drug-likeness (QED) is 0.935. The molecule has 1 atom stereocenters. The van der Waals surface area contributed by atoms with Gasteiger partial charge in [0.15, 0.2) is 5.58 Å². The number of rotatable bonds is 4. The van der Waals surface area contributed by atoms with Crippen LogP contribution in [-0.4, -0.2) is 9.67 Å². The van der Waals surface area contributed by atoms with Crippen molar-refractivity contribution in [2.45, 2.75) is 58.6 Å². The van der Waals surface area contributed by atoms with Crippen LogP contribution in [0.5, 0.6) is 0 Å². The fraction of sp³-hybridized carbons (Fsp3) is 0.588. The highest BCUT2D eigenvalue weighted by Gasteiger charge is 2.39. The summed E-state index contributed by atoms with van der Waals surface area (Å²) in [5.41, 5.74) is 2.22. The average molecular weight is 289 g/mol. The van der Waals surface area contributed by atoms with E-state index in [1.165, 1.54) is 12.8 Å². The second kappa shape index (κ2) is 5.34. The van der Waals surface area contributed by atoms with Crippen molar-refractivity contribution in [3.8, 4) is 0 Å². The van der Waals surface area contributed by atoms with Gasteiger partial charge in [-0.05, 0) is 43.9 Å². The predicted molar refractivity (Wildman–Crippen MR) is 82.3 cm³/mol. The van der Waals surface area contributed by atoms with Gasteiger partial charge in [0.25, 0.3) is 0 Å². The highest BCUT2D eigenvalue weighted by Crippen LogP contribution is 2.50. The second-order valence-electron chi connectivity index (χ2n) is 6.16. The monoisotopic (exact) mass is 289 g/mol. The minimum absolute atomic E-state index is 0.0126. The van der Waals surface area contributed by atoms with Crippen molar-refractivity contribution in [3.05, 3.63) is 34.3 Å². The summed E-state index contributed by atoms with van der Waals surface area (Å²) >= 11 is 0. The molecule has 1 aliphatic carbocycles. The van der Waals surface area contributed by atoms with Crippen LogP contribution >= 0.6 is 0 Å². The van der Waals surface area contributed by atoms with Crippen molar-refractivity contribution in [1.82, 2.24) is 4.57 Å². The van der Waals surface area contributed by atoms with E-state index in [9.17, 15) is 9.90 Å². The molecule has 0 aliphatic heterocycles. The lowest BCUT2D eigenvalue weighted by molar-refractivity contribution is 0.0238. The minimum atomic E-state index is -0.482. The van der Waals surface area contributed by atoms with E-state index >= 15 is 0 Å². The maximum absolute atomic E-state index is 11.8. The zero-order valence-corrected chi connectivity index (χ0v) is 12.8. The summed E-state index contributed by atoms with van der Waals surface area (Å²) in [4.78, 5) is 11.8. The van der Waals surface area contributed by atoms with Gasteiger partial charge in [0, 0.05) is 12.0 Å². The van der Waals surface area contributed by atoms with Crippen LogP contribution in [0.4, 0.5) is 0 Å². The number of benzene rings is 1. The van der Waals surface area contributed by atoms with Gasteiger partial charge in [0.2, 0.25) is 0 Å². The molecule has 0 saturated heterocycles. The molecule has 1 aromatic heterocycles. The molecular weight excluding hydrogens is 266 g/mol. The van der Waals surface area contributed by atoms with Crippen LogP contribution in [0.3, 0.4) is 0 Å². The number of hydrogen-bond acceptors (Lipinski definition) is 3. The van der Waals surface area contributed by atoms with Crippen LogP contribution in [-0.2, 0) is 6.54 Å². The molecule has 1 unspecified atom stereocenters. The lowest BCUT2D eigenvalue weighted by Gasteiger charge is -2.33. The van der Waals surface area contributed by atoms with Gasteiger partial charge in [-0.1, -0.05) is 25.8 Å². The van der Waals surface area contributed by atoms with E-state index in [4.69, 9.17) is 4.42 Å². The number of hydrogen-bond donors (Lipinski definition) is 1. The van der Waals surface area contributed by atoms with Crippen molar-refractivity contribution < 1.29 is 9.52 Å². The Morgan fingerprint density at radius 2 is 2.05 bits per heavy atom. The SMILES string of the molecule is CCn1c(=O)oc2cc(C(O)C3(CC)CCCC3)ccc21. The Hall–Kier alpha value is -1.55. The van der Waals surface area contributed by atoms with Crippen LogP contribution in [0.1, 0.15) is 57.6 Å². The highest BCUT2D eigenvalue weighted by molar-refractivity contribution is 5.73. The molecule has 2 aromatic rings. The number of aliphatic hydroxyl groups is 1. The van der Waals surface area contributed by atoms with E-state index in [1.807, 2.05) is 25.1 Å². The molecule has 114 valence electrons. The molecule has 3 rings (SSSR count). The Bertz CT molecular complexity index is 692. The molecule has 1 aromatic carbocycles. The third-order valence-electron chi connectivity index (χ3n) is 5.21. The van der Waals surface area contributed by atoms with Gasteiger partial charge in [0.05, 0.1) is 11.6 Å². The van der Waals surface area contributed by atoms with Crippen LogP contribution in [0, 0.1) is 5.41 Å². The smallest absolute Gasteiger partial charge is 0.408 e. The maximum Gasteiger partial charge on any atom is 0.419 e. The van der Waals surface area contributed by atoms with E-state index in [1.54, 1.807) is 4.57 Å². The van der Waals surface area contributed by atoms with Crippen molar-refractivity contribution in [1.29, 1.82) is 0 Å². The molecule has 4 heteroatoms. The van der Waals surface area contributed by atoms with Crippen molar-refractivity contribution in [2.75, 3.05) is 0 Å². The van der Waals surface area contributed by atoms with Crippen molar-refractivity contribution in [3.63, 3.8) is 0 Å². The Morgan fingerprint density at radius 1 is 1.33 bits per heavy atom. The third-order valence-corrected chi connectivity index (χ3v) is 5.21. The predicted octanol–water partition coefficient (Wildman–Crippen LogP) is 3.62. The number of nitrogens with zero attached hydrogens (tertiary/aromatic N) is 1. The maximum atomic E-state index is 11.8. The average Bonchev–Trinajstić information content (AvgIpc) is 3.09. The molecule has 1 aliphatic rings. The zero-order valence-electron chi connectivity index (χ0n) is 12.8. The molecule has 0 bridgehead atoms. The lowest BCUT2D eigenvalue weighted by Crippen LogP contribution is -2.25. The summed E-state index contributed by atoms with van der Waals surface area (Å²) in [5.74, 6) is -0.329. The van der Waals surface area contributed by atoms with Crippen LogP contribution in [0.2, 0.25) is 0 Å². The van der Waals surface area contributed by atoms with Gasteiger partial charge in [-0.3, -0.25) is 4.57 Å². The molecule has 1 saturated carbocycles. The van der Waals surface area contributed by atoms with Crippen LogP contribution in [0.15, 0.2) is 27.4 Å². The molecule has 1 heterocycles. The van der Waals surface area contributed by atoms with Gasteiger partial charge in [-0.2, -0.15) is 0 Å². The Morgan fingerprint density at radius 3 is 2.67 bits per heavy atom. The summed E-state index contributed by atoms with van der Waals surface area (Å²) in [6.45, 7) is 4.66.